The van der Waals surface area contributed by atoms with Gasteiger partial charge in [-0.25, -0.2) is 0 Å². The molecule has 0 radical (unpaired) electrons. The maximum Gasteiger partial charge on any atom is 0.117 e. The summed E-state index contributed by atoms with van der Waals surface area (Å²) < 4.78 is 0. The number of phenols is 1. The minimum Gasteiger partial charge on any atom is -0.508 e. The van der Waals surface area contributed by atoms with Gasteiger partial charge >= 0.3 is 0 Å². The van der Waals surface area contributed by atoms with Gasteiger partial charge in [0.25, 0.3) is 0 Å². The molecule has 0 spiro atoms. The van der Waals surface area contributed by atoms with Crippen molar-refractivity contribution in [2.45, 2.75) is 6.42 Å². The second-order valence-corrected chi connectivity index (χ2v) is 2.73. The Labute approximate surface area is 70.1 Å². The summed E-state index contributed by atoms with van der Waals surface area (Å²) in [4.78, 5) is 0. The van der Waals surface area contributed by atoms with E-state index >= 15 is 0 Å². The van der Waals surface area contributed by atoms with Crippen molar-refractivity contribution >= 4 is 11.6 Å². The molecular weight excluding hydrogens is 164 g/mol. The van der Waals surface area contributed by atoms with Crippen LogP contribution in [0, 0.1) is 0 Å². The second kappa shape index (κ2) is 3.60. The molecule has 0 heterocycles. The SMILES string of the molecule is OCCc1cc(O)cc(Cl)c1. The van der Waals surface area contributed by atoms with Gasteiger partial charge < -0.3 is 10.2 Å². The standard InChI is InChI=1S/C8H9ClO2/c9-7-3-6(1-2-10)4-8(11)5-7/h3-5,10-11H,1-2H2. The number of aliphatic hydroxyl groups is 1. The number of rotatable bonds is 2. The zero-order valence-electron chi connectivity index (χ0n) is 5.92. The highest BCUT2D eigenvalue weighted by molar-refractivity contribution is 6.30. The molecule has 2 N–H and O–H groups in total. The Kier molecular flexibility index (Phi) is 2.74. The van der Waals surface area contributed by atoms with E-state index in [2.05, 4.69) is 0 Å². The lowest BCUT2D eigenvalue weighted by molar-refractivity contribution is 0.299. The van der Waals surface area contributed by atoms with Crippen molar-refractivity contribution in [1.82, 2.24) is 0 Å². The van der Waals surface area contributed by atoms with Gasteiger partial charge in [-0.3, -0.25) is 0 Å². The topological polar surface area (TPSA) is 40.5 Å². The summed E-state index contributed by atoms with van der Waals surface area (Å²) in [5.74, 6) is 0.140. The molecule has 0 saturated carbocycles. The van der Waals surface area contributed by atoms with E-state index in [0.29, 0.717) is 11.4 Å². The average Bonchev–Trinajstić information content (AvgIpc) is 1.85. The summed E-state index contributed by atoms with van der Waals surface area (Å²) in [6.45, 7) is 0.0692. The van der Waals surface area contributed by atoms with Crippen LogP contribution in [0.5, 0.6) is 5.75 Å². The molecule has 0 unspecified atom stereocenters. The Balaban J connectivity index is 2.89. The van der Waals surface area contributed by atoms with Crippen LogP contribution in [-0.2, 0) is 6.42 Å². The first kappa shape index (κ1) is 8.37. The van der Waals surface area contributed by atoms with Crippen LogP contribution in [0.2, 0.25) is 5.02 Å². The minimum atomic E-state index is 0.0692. The van der Waals surface area contributed by atoms with E-state index < -0.39 is 0 Å². The zero-order valence-corrected chi connectivity index (χ0v) is 6.67. The van der Waals surface area contributed by atoms with Crippen LogP contribution >= 0.6 is 11.6 Å². The normalized spacial score (nSPS) is 10.0. The minimum absolute atomic E-state index is 0.0692. The second-order valence-electron chi connectivity index (χ2n) is 2.29. The van der Waals surface area contributed by atoms with Crippen LogP contribution in [0.25, 0.3) is 0 Å². The highest BCUT2D eigenvalue weighted by Crippen LogP contribution is 2.19. The number of halogens is 1. The molecule has 60 valence electrons. The summed E-state index contributed by atoms with van der Waals surface area (Å²) >= 11 is 5.64. The lowest BCUT2D eigenvalue weighted by atomic mass is 10.1. The molecule has 1 rings (SSSR count). The molecule has 1 aromatic carbocycles. The van der Waals surface area contributed by atoms with E-state index in [1.807, 2.05) is 0 Å². The van der Waals surface area contributed by atoms with Gasteiger partial charge in [-0.1, -0.05) is 11.6 Å². The van der Waals surface area contributed by atoms with Crippen molar-refractivity contribution in [2.24, 2.45) is 0 Å². The van der Waals surface area contributed by atoms with Crippen molar-refractivity contribution in [2.75, 3.05) is 6.61 Å². The molecule has 0 atom stereocenters. The Bertz CT molecular complexity index is 228. The van der Waals surface area contributed by atoms with E-state index in [1.165, 1.54) is 6.07 Å². The van der Waals surface area contributed by atoms with Crippen LogP contribution in [-0.4, -0.2) is 16.8 Å². The first-order valence-corrected chi connectivity index (χ1v) is 3.69. The molecule has 0 fully saturated rings. The number of phenolic OH excluding ortho intramolecular Hbond substituents is 1. The van der Waals surface area contributed by atoms with Crippen LogP contribution in [0.4, 0.5) is 0 Å². The molecule has 3 heteroatoms. The predicted octanol–water partition coefficient (Wildman–Crippen LogP) is 1.58. The highest BCUT2D eigenvalue weighted by Gasteiger charge is 1.96. The van der Waals surface area contributed by atoms with Crippen molar-refractivity contribution < 1.29 is 10.2 Å². The quantitative estimate of drug-likeness (QED) is 0.711. The summed E-state index contributed by atoms with van der Waals surface area (Å²) in [5.41, 5.74) is 0.845. The van der Waals surface area contributed by atoms with Gasteiger partial charge in [-0.05, 0) is 30.2 Å². The molecule has 0 aliphatic carbocycles. The largest absolute Gasteiger partial charge is 0.508 e. The highest BCUT2D eigenvalue weighted by atomic mass is 35.5. The fraction of sp³-hybridized carbons (Fsp3) is 0.250. The van der Waals surface area contributed by atoms with Gasteiger partial charge in [0.15, 0.2) is 0 Å². The van der Waals surface area contributed by atoms with Gasteiger partial charge in [0.1, 0.15) is 5.75 Å². The molecule has 0 bridgehead atoms. The predicted molar refractivity (Wildman–Crippen MR) is 43.9 cm³/mol. The lowest BCUT2D eigenvalue weighted by Gasteiger charge is -1.99. The van der Waals surface area contributed by atoms with E-state index in [0.717, 1.165) is 5.56 Å². The van der Waals surface area contributed by atoms with E-state index in [1.54, 1.807) is 12.1 Å². The van der Waals surface area contributed by atoms with Crippen LogP contribution < -0.4 is 0 Å². The third-order valence-electron chi connectivity index (χ3n) is 1.34. The molecule has 2 nitrogen and oxygen atoms in total. The zero-order chi connectivity index (χ0) is 8.27. The lowest BCUT2D eigenvalue weighted by Crippen LogP contribution is -1.89. The summed E-state index contributed by atoms with van der Waals surface area (Å²) in [5, 5.41) is 18.1. The van der Waals surface area contributed by atoms with E-state index in [-0.39, 0.29) is 12.4 Å². The summed E-state index contributed by atoms with van der Waals surface area (Å²) in [7, 11) is 0. The monoisotopic (exact) mass is 172 g/mol. The Hall–Kier alpha value is -0.730. The molecule has 0 amide bonds. The Morgan fingerprint density at radius 1 is 1.27 bits per heavy atom. The summed E-state index contributed by atoms with van der Waals surface area (Å²) in [6, 6.07) is 4.77. The van der Waals surface area contributed by atoms with Crippen LogP contribution in [0.3, 0.4) is 0 Å². The maximum absolute atomic E-state index is 9.05. The van der Waals surface area contributed by atoms with E-state index in [9.17, 15) is 0 Å². The van der Waals surface area contributed by atoms with Crippen LogP contribution in [0.15, 0.2) is 18.2 Å². The van der Waals surface area contributed by atoms with Crippen molar-refractivity contribution in [1.29, 1.82) is 0 Å². The number of hydrogen-bond donors (Lipinski definition) is 2. The third-order valence-corrected chi connectivity index (χ3v) is 1.56. The fourth-order valence-electron chi connectivity index (χ4n) is 0.907. The Morgan fingerprint density at radius 3 is 2.55 bits per heavy atom. The number of aliphatic hydroxyl groups excluding tert-OH is 1. The van der Waals surface area contributed by atoms with Gasteiger partial charge in [0.05, 0.1) is 0 Å². The average molecular weight is 173 g/mol. The molecule has 1 aromatic rings. The fourth-order valence-corrected chi connectivity index (χ4v) is 1.16. The third kappa shape index (κ3) is 2.41. The molecule has 11 heavy (non-hydrogen) atoms. The van der Waals surface area contributed by atoms with Gasteiger partial charge in [0, 0.05) is 11.6 Å². The smallest absolute Gasteiger partial charge is 0.117 e. The first-order chi connectivity index (χ1) is 5.22. The molecule has 0 aliphatic rings. The van der Waals surface area contributed by atoms with Crippen molar-refractivity contribution in [3.63, 3.8) is 0 Å². The molecule has 0 aromatic heterocycles. The van der Waals surface area contributed by atoms with Crippen molar-refractivity contribution in [3.05, 3.63) is 28.8 Å². The number of benzene rings is 1. The maximum atomic E-state index is 9.05. The van der Waals surface area contributed by atoms with Crippen molar-refractivity contribution in [3.8, 4) is 5.75 Å². The van der Waals surface area contributed by atoms with Gasteiger partial charge in [-0.2, -0.15) is 0 Å². The number of hydrogen-bond acceptors (Lipinski definition) is 2. The van der Waals surface area contributed by atoms with Gasteiger partial charge in [0.2, 0.25) is 0 Å². The summed E-state index contributed by atoms with van der Waals surface area (Å²) in [6.07, 6.45) is 0.522. The van der Waals surface area contributed by atoms with E-state index in [4.69, 9.17) is 21.8 Å². The number of aromatic hydroxyl groups is 1. The molecule has 0 saturated heterocycles. The van der Waals surface area contributed by atoms with Crippen LogP contribution in [0.1, 0.15) is 5.56 Å². The molecule has 0 aliphatic heterocycles. The van der Waals surface area contributed by atoms with Gasteiger partial charge in [-0.15, -0.1) is 0 Å². The first-order valence-electron chi connectivity index (χ1n) is 3.31. The molecular formula is C8H9ClO2. The Morgan fingerprint density at radius 2 is 2.00 bits per heavy atom.